The number of nitrogens with one attached hydrogen (secondary N) is 1. The number of nitrogens with zero attached hydrogens (tertiary/aromatic N) is 2. The lowest BCUT2D eigenvalue weighted by Crippen LogP contribution is -2.35. The third kappa shape index (κ3) is 7.61. The summed E-state index contributed by atoms with van der Waals surface area (Å²) in [4.78, 5) is 6.90. The molecule has 0 unspecified atom stereocenters. The third-order valence-electron chi connectivity index (χ3n) is 2.89. The van der Waals surface area contributed by atoms with Gasteiger partial charge in [-0.25, -0.2) is 0 Å². The van der Waals surface area contributed by atoms with E-state index in [1.807, 2.05) is 6.20 Å². The molecule has 1 rings (SSSR count). The van der Waals surface area contributed by atoms with Crippen LogP contribution >= 0.6 is 0 Å². The molecule has 0 aliphatic carbocycles. The predicted molar refractivity (Wildman–Crippen MR) is 86.6 cm³/mol. The van der Waals surface area contributed by atoms with E-state index >= 15 is 0 Å². The first kappa shape index (κ1) is 17.1. The van der Waals surface area contributed by atoms with Crippen LogP contribution < -0.4 is 5.32 Å². The van der Waals surface area contributed by atoms with Crippen LogP contribution in [0, 0.1) is 5.41 Å². The number of pyridine rings is 1. The monoisotopic (exact) mass is 277 g/mol. The van der Waals surface area contributed by atoms with E-state index in [1.165, 1.54) is 5.56 Å². The van der Waals surface area contributed by atoms with E-state index in [0.717, 1.165) is 25.3 Å². The molecular weight excluding hydrogens is 246 g/mol. The van der Waals surface area contributed by atoms with Crippen molar-refractivity contribution in [2.24, 2.45) is 5.41 Å². The average molecular weight is 277 g/mol. The van der Waals surface area contributed by atoms with Crippen molar-refractivity contribution < 1.29 is 0 Å². The third-order valence-corrected chi connectivity index (χ3v) is 2.89. The molecule has 0 bridgehead atoms. The topological polar surface area (TPSA) is 28.2 Å². The van der Waals surface area contributed by atoms with Crippen LogP contribution in [0.15, 0.2) is 18.3 Å². The summed E-state index contributed by atoms with van der Waals surface area (Å²) in [7, 11) is 2.15. The Balaban J connectivity index is 2.50. The van der Waals surface area contributed by atoms with E-state index in [1.54, 1.807) is 0 Å². The van der Waals surface area contributed by atoms with Crippen molar-refractivity contribution in [1.29, 1.82) is 0 Å². The standard InChI is InChI=1S/C17H31N3/c1-16(2,3)13-20(7)12-15-9-8-14(10-18-15)11-19-17(4,5)6/h8-10,19H,11-13H2,1-7H3. The highest BCUT2D eigenvalue weighted by Gasteiger charge is 2.14. The quantitative estimate of drug-likeness (QED) is 0.893. The van der Waals surface area contributed by atoms with E-state index < -0.39 is 0 Å². The Hall–Kier alpha value is -0.930. The number of hydrogen-bond donors (Lipinski definition) is 1. The lowest BCUT2D eigenvalue weighted by molar-refractivity contribution is 0.219. The molecule has 0 aliphatic rings. The fourth-order valence-corrected chi connectivity index (χ4v) is 2.16. The first-order chi connectivity index (χ1) is 9.05. The van der Waals surface area contributed by atoms with Crippen LogP contribution in [-0.2, 0) is 13.1 Å². The van der Waals surface area contributed by atoms with Crippen molar-refractivity contribution in [3.8, 4) is 0 Å². The van der Waals surface area contributed by atoms with E-state index in [0.29, 0.717) is 5.41 Å². The Morgan fingerprint density at radius 1 is 1.10 bits per heavy atom. The van der Waals surface area contributed by atoms with Crippen molar-refractivity contribution in [3.05, 3.63) is 29.6 Å². The molecule has 3 nitrogen and oxygen atoms in total. The van der Waals surface area contributed by atoms with Gasteiger partial charge in [-0.15, -0.1) is 0 Å². The second kappa shape index (κ2) is 6.68. The molecule has 1 N–H and O–H groups in total. The van der Waals surface area contributed by atoms with Crippen LogP contribution in [0.5, 0.6) is 0 Å². The zero-order valence-corrected chi connectivity index (χ0v) is 14.2. The summed E-state index contributed by atoms with van der Waals surface area (Å²) < 4.78 is 0. The Morgan fingerprint density at radius 3 is 2.20 bits per heavy atom. The van der Waals surface area contributed by atoms with Crippen LogP contribution in [0.2, 0.25) is 0 Å². The molecule has 0 saturated heterocycles. The van der Waals surface area contributed by atoms with E-state index in [9.17, 15) is 0 Å². The van der Waals surface area contributed by atoms with Gasteiger partial charge in [-0.05, 0) is 44.9 Å². The van der Waals surface area contributed by atoms with Crippen LogP contribution in [0.25, 0.3) is 0 Å². The minimum Gasteiger partial charge on any atom is -0.308 e. The fraction of sp³-hybridized carbons (Fsp3) is 0.706. The highest BCUT2D eigenvalue weighted by atomic mass is 15.1. The maximum atomic E-state index is 4.57. The van der Waals surface area contributed by atoms with Gasteiger partial charge in [0, 0.05) is 31.4 Å². The number of rotatable bonds is 5. The van der Waals surface area contributed by atoms with Crippen molar-refractivity contribution in [3.63, 3.8) is 0 Å². The molecule has 0 amide bonds. The highest BCUT2D eigenvalue weighted by Crippen LogP contribution is 2.15. The zero-order valence-electron chi connectivity index (χ0n) is 14.2. The maximum Gasteiger partial charge on any atom is 0.0544 e. The van der Waals surface area contributed by atoms with Crippen molar-refractivity contribution >= 4 is 0 Å². The molecule has 1 heterocycles. The molecule has 0 radical (unpaired) electrons. The van der Waals surface area contributed by atoms with Crippen molar-refractivity contribution in [1.82, 2.24) is 15.2 Å². The zero-order chi connectivity index (χ0) is 15.4. The lowest BCUT2D eigenvalue weighted by Gasteiger charge is -2.26. The Kier molecular flexibility index (Phi) is 5.72. The summed E-state index contributed by atoms with van der Waals surface area (Å²) in [6.07, 6.45) is 1.99. The molecule has 114 valence electrons. The summed E-state index contributed by atoms with van der Waals surface area (Å²) in [5, 5.41) is 3.48. The minimum atomic E-state index is 0.144. The summed E-state index contributed by atoms with van der Waals surface area (Å²) in [6, 6.07) is 4.31. The lowest BCUT2D eigenvalue weighted by atomic mass is 9.96. The normalized spacial score (nSPS) is 13.0. The Morgan fingerprint density at radius 2 is 1.75 bits per heavy atom. The van der Waals surface area contributed by atoms with Gasteiger partial charge in [0.05, 0.1) is 5.69 Å². The van der Waals surface area contributed by atoms with Crippen molar-refractivity contribution in [2.75, 3.05) is 13.6 Å². The molecule has 3 heteroatoms. The van der Waals surface area contributed by atoms with Gasteiger partial charge in [-0.2, -0.15) is 0 Å². The second-order valence-corrected chi connectivity index (χ2v) is 7.99. The maximum absolute atomic E-state index is 4.57. The molecule has 0 aliphatic heterocycles. The predicted octanol–water partition coefficient (Wildman–Crippen LogP) is 3.45. The molecular formula is C17H31N3. The summed E-state index contributed by atoms with van der Waals surface area (Å²) in [6.45, 7) is 16.2. The fourth-order valence-electron chi connectivity index (χ4n) is 2.16. The second-order valence-electron chi connectivity index (χ2n) is 7.99. The van der Waals surface area contributed by atoms with Gasteiger partial charge in [0.15, 0.2) is 0 Å². The largest absolute Gasteiger partial charge is 0.308 e. The van der Waals surface area contributed by atoms with Gasteiger partial charge in [-0.1, -0.05) is 26.8 Å². The van der Waals surface area contributed by atoms with Crippen LogP contribution in [-0.4, -0.2) is 29.0 Å². The van der Waals surface area contributed by atoms with Crippen LogP contribution in [0.3, 0.4) is 0 Å². The van der Waals surface area contributed by atoms with E-state index in [4.69, 9.17) is 0 Å². The van der Waals surface area contributed by atoms with E-state index in [2.05, 4.69) is 75.9 Å². The Labute approximate surface area is 124 Å². The SMILES string of the molecule is CN(Cc1ccc(CNC(C)(C)C)cn1)CC(C)(C)C. The first-order valence-electron chi connectivity index (χ1n) is 7.43. The summed E-state index contributed by atoms with van der Waals surface area (Å²) >= 11 is 0. The molecule has 1 aromatic heterocycles. The molecule has 0 saturated carbocycles. The van der Waals surface area contributed by atoms with Crippen molar-refractivity contribution in [2.45, 2.75) is 60.2 Å². The molecule has 1 aromatic rings. The van der Waals surface area contributed by atoms with Gasteiger partial charge in [0.1, 0.15) is 0 Å². The van der Waals surface area contributed by atoms with Crippen LogP contribution in [0.1, 0.15) is 52.8 Å². The van der Waals surface area contributed by atoms with Gasteiger partial charge in [-0.3, -0.25) is 4.98 Å². The van der Waals surface area contributed by atoms with Crippen LogP contribution in [0.4, 0.5) is 0 Å². The van der Waals surface area contributed by atoms with Gasteiger partial charge >= 0.3 is 0 Å². The van der Waals surface area contributed by atoms with Gasteiger partial charge in [0.2, 0.25) is 0 Å². The Bertz CT molecular complexity index is 396. The first-order valence-corrected chi connectivity index (χ1v) is 7.43. The summed E-state index contributed by atoms with van der Waals surface area (Å²) in [5.74, 6) is 0. The number of hydrogen-bond acceptors (Lipinski definition) is 3. The van der Waals surface area contributed by atoms with Gasteiger partial charge < -0.3 is 10.2 Å². The molecule has 0 spiro atoms. The molecule has 0 aromatic carbocycles. The average Bonchev–Trinajstić information content (AvgIpc) is 2.24. The number of aromatic nitrogens is 1. The summed E-state index contributed by atoms with van der Waals surface area (Å²) in [5.41, 5.74) is 2.84. The molecule has 0 fully saturated rings. The minimum absolute atomic E-state index is 0.144. The molecule has 0 atom stereocenters. The molecule has 20 heavy (non-hydrogen) atoms. The highest BCUT2D eigenvalue weighted by molar-refractivity contribution is 5.14. The van der Waals surface area contributed by atoms with Gasteiger partial charge in [0.25, 0.3) is 0 Å². The smallest absolute Gasteiger partial charge is 0.0544 e. The van der Waals surface area contributed by atoms with E-state index in [-0.39, 0.29) is 5.54 Å².